The van der Waals surface area contributed by atoms with Gasteiger partial charge in [-0.2, -0.15) is 5.26 Å². The number of aromatic nitrogens is 3. The number of nitrogens with one attached hydrogen (secondary N) is 1. The molecule has 0 amide bonds. The molecule has 3 rings (SSSR count). The Bertz CT molecular complexity index is 771. The first-order valence-corrected chi connectivity index (χ1v) is 5.75. The minimum atomic E-state index is 0.410. The van der Waals surface area contributed by atoms with E-state index in [1.165, 1.54) is 0 Å². The van der Waals surface area contributed by atoms with Gasteiger partial charge < -0.3 is 9.40 Å². The number of fused-ring (bicyclic) bond motifs is 1. The van der Waals surface area contributed by atoms with Gasteiger partial charge in [-0.25, -0.2) is 9.97 Å². The minimum Gasteiger partial charge on any atom is -0.442 e. The third-order valence-electron chi connectivity index (χ3n) is 2.69. The Hall–Kier alpha value is -2.87. The maximum atomic E-state index is 9.23. The molecule has 0 atom stereocenters. The van der Waals surface area contributed by atoms with Crippen LogP contribution in [-0.2, 0) is 0 Å². The first-order chi connectivity index (χ1) is 9.26. The number of rotatable bonds is 2. The third kappa shape index (κ3) is 2.11. The van der Waals surface area contributed by atoms with Crippen LogP contribution in [0.3, 0.4) is 0 Å². The van der Waals surface area contributed by atoms with E-state index in [1.807, 2.05) is 24.3 Å². The zero-order valence-corrected chi connectivity index (χ0v) is 10.2. The Kier molecular flexibility index (Phi) is 2.62. The average Bonchev–Trinajstić information content (AvgIpc) is 3.01. The first kappa shape index (κ1) is 11.2. The Balaban J connectivity index is 2.07. The van der Waals surface area contributed by atoms with Crippen LogP contribution in [0.25, 0.3) is 22.7 Å². The number of H-pyrrole nitrogens is 1. The monoisotopic (exact) mass is 250 g/mol. The zero-order chi connectivity index (χ0) is 13.2. The highest BCUT2D eigenvalue weighted by atomic mass is 16.3. The molecule has 0 aliphatic rings. The number of aromatic amines is 1. The Labute approximate surface area is 109 Å². The summed E-state index contributed by atoms with van der Waals surface area (Å²) in [4.78, 5) is 11.5. The van der Waals surface area contributed by atoms with Gasteiger partial charge in [0.05, 0.1) is 22.8 Å². The summed E-state index contributed by atoms with van der Waals surface area (Å²) in [7, 11) is 0. The Morgan fingerprint density at radius 2 is 2.26 bits per heavy atom. The number of aryl methyl sites for hydroxylation is 1. The van der Waals surface area contributed by atoms with Gasteiger partial charge >= 0.3 is 0 Å². The quantitative estimate of drug-likeness (QED) is 0.709. The second kappa shape index (κ2) is 4.42. The van der Waals surface area contributed by atoms with Gasteiger partial charge in [0.25, 0.3) is 0 Å². The smallest absolute Gasteiger partial charge is 0.191 e. The van der Waals surface area contributed by atoms with Gasteiger partial charge in [-0.15, -0.1) is 0 Å². The van der Waals surface area contributed by atoms with E-state index in [2.05, 4.69) is 21.0 Å². The van der Waals surface area contributed by atoms with Crippen LogP contribution >= 0.6 is 0 Å². The maximum Gasteiger partial charge on any atom is 0.191 e. The molecule has 0 fully saturated rings. The van der Waals surface area contributed by atoms with E-state index in [0.29, 0.717) is 23.0 Å². The number of oxazole rings is 1. The molecule has 0 saturated heterocycles. The van der Waals surface area contributed by atoms with E-state index >= 15 is 0 Å². The summed E-state index contributed by atoms with van der Waals surface area (Å²) in [5.41, 5.74) is 2.13. The molecule has 1 aromatic carbocycles. The zero-order valence-electron chi connectivity index (χ0n) is 10.2. The molecule has 3 aromatic rings. The van der Waals surface area contributed by atoms with Crippen molar-refractivity contribution in [3.05, 3.63) is 47.9 Å². The summed E-state index contributed by atoms with van der Waals surface area (Å²) in [5, 5.41) is 9.23. The van der Waals surface area contributed by atoms with E-state index in [4.69, 9.17) is 4.42 Å². The molecule has 1 N–H and O–H groups in total. The number of hydrogen-bond acceptors (Lipinski definition) is 4. The number of imidazole rings is 1. The lowest BCUT2D eigenvalue weighted by atomic mass is 10.2. The molecule has 5 nitrogen and oxygen atoms in total. The van der Waals surface area contributed by atoms with Crippen molar-refractivity contribution < 1.29 is 4.42 Å². The van der Waals surface area contributed by atoms with Crippen molar-refractivity contribution in [3.63, 3.8) is 0 Å². The summed E-state index contributed by atoms with van der Waals surface area (Å²) in [5.74, 6) is 1.63. The largest absolute Gasteiger partial charge is 0.442 e. The molecule has 5 heteroatoms. The predicted molar refractivity (Wildman–Crippen MR) is 70.8 cm³/mol. The third-order valence-corrected chi connectivity index (χ3v) is 2.69. The molecule has 0 spiro atoms. The number of para-hydroxylation sites is 2. The van der Waals surface area contributed by atoms with E-state index in [1.54, 1.807) is 19.2 Å². The fourth-order valence-corrected chi connectivity index (χ4v) is 1.82. The molecule has 92 valence electrons. The predicted octanol–water partition coefficient (Wildman–Crippen LogP) is 2.92. The number of benzene rings is 1. The van der Waals surface area contributed by atoms with Gasteiger partial charge in [0.2, 0.25) is 0 Å². The van der Waals surface area contributed by atoms with Crippen LogP contribution in [0, 0.1) is 18.3 Å². The van der Waals surface area contributed by atoms with E-state index in [9.17, 15) is 5.26 Å². The number of nitrogens with zero attached hydrogens (tertiary/aromatic N) is 3. The van der Waals surface area contributed by atoms with Crippen molar-refractivity contribution in [3.8, 4) is 6.07 Å². The van der Waals surface area contributed by atoms with Crippen LogP contribution in [0.1, 0.15) is 17.5 Å². The topological polar surface area (TPSA) is 78.5 Å². The average molecular weight is 250 g/mol. The van der Waals surface area contributed by atoms with Crippen LogP contribution in [-0.4, -0.2) is 15.0 Å². The van der Waals surface area contributed by atoms with Gasteiger partial charge in [0.15, 0.2) is 5.89 Å². The molecule has 2 heterocycles. The van der Waals surface area contributed by atoms with Crippen LogP contribution in [0.5, 0.6) is 0 Å². The SMILES string of the molecule is Cc1ncc(/C=C(/C#N)c2nc3ccccc3[nH]2)o1. The standard InChI is InChI=1S/C14H10N4O/c1-9-16-8-11(19-9)6-10(7-15)14-17-12-4-2-3-5-13(12)18-14/h2-6,8H,1H3,(H,17,18)/b10-6-. The summed E-state index contributed by atoms with van der Waals surface area (Å²) < 4.78 is 5.33. The molecular weight excluding hydrogens is 240 g/mol. The van der Waals surface area contributed by atoms with Crippen molar-refractivity contribution in [2.75, 3.05) is 0 Å². The van der Waals surface area contributed by atoms with Crippen molar-refractivity contribution in [1.29, 1.82) is 5.26 Å². The van der Waals surface area contributed by atoms with Gasteiger partial charge in [-0.05, 0) is 12.1 Å². The number of hydrogen-bond donors (Lipinski definition) is 1. The molecule has 0 radical (unpaired) electrons. The van der Waals surface area contributed by atoms with Crippen molar-refractivity contribution in [2.24, 2.45) is 0 Å². The van der Waals surface area contributed by atoms with Crippen molar-refractivity contribution >= 4 is 22.7 Å². The van der Waals surface area contributed by atoms with E-state index < -0.39 is 0 Å². The Morgan fingerprint density at radius 3 is 2.95 bits per heavy atom. The van der Waals surface area contributed by atoms with Crippen molar-refractivity contribution in [2.45, 2.75) is 6.92 Å². The van der Waals surface area contributed by atoms with Crippen LogP contribution in [0.2, 0.25) is 0 Å². The normalized spacial score (nSPS) is 11.7. The molecule has 0 bridgehead atoms. The van der Waals surface area contributed by atoms with Gasteiger partial charge in [0.1, 0.15) is 17.7 Å². The highest BCUT2D eigenvalue weighted by Gasteiger charge is 2.08. The summed E-state index contributed by atoms with van der Waals surface area (Å²) >= 11 is 0. The molecule has 0 aliphatic heterocycles. The maximum absolute atomic E-state index is 9.23. The van der Waals surface area contributed by atoms with Crippen LogP contribution in [0.4, 0.5) is 0 Å². The number of allylic oxidation sites excluding steroid dienone is 1. The van der Waals surface area contributed by atoms with E-state index in [-0.39, 0.29) is 0 Å². The van der Waals surface area contributed by atoms with Gasteiger partial charge in [0, 0.05) is 13.0 Å². The molecule has 0 aliphatic carbocycles. The molecule has 2 aromatic heterocycles. The summed E-state index contributed by atoms with van der Waals surface area (Å²) in [6, 6.07) is 9.75. The van der Waals surface area contributed by atoms with Gasteiger partial charge in [-0.1, -0.05) is 12.1 Å². The lowest BCUT2D eigenvalue weighted by molar-refractivity contribution is 0.513. The molecule has 0 unspecified atom stereocenters. The lowest BCUT2D eigenvalue weighted by Crippen LogP contribution is -1.84. The van der Waals surface area contributed by atoms with E-state index in [0.717, 1.165) is 11.0 Å². The second-order valence-electron chi connectivity index (χ2n) is 4.05. The molecule has 19 heavy (non-hydrogen) atoms. The fourth-order valence-electron chi connectivity index (χ4n) is 1.82. The summed E-state index contributed by atoms with van der Waals surface area (Å²) in [6.07, 6.45) is 3.20. The van der Waals surface area contributed by atoms with Crippen LogP contribution < -0.4 is 0 Å². The van der Waals surface area contributed by atoms with Gasteiger partial charge in [-0.3, -0.25) is 0 Å². The second-order valence-corrected chi connectivity index (χ2v) is 4.05. The minimum absolute atomic E-state index is 0.410. The Morgan fingerprint density at radius 1 is 1.42 bits per heavy atom. The van der Waals surface area contributed by atoms with Crippen molar-refractivity contribution in [1.82, 2.24) is 15.0 Å². The first-order valence-electron chi connectivity index (χ1n) is 5.75. The molecular formula is C14H10N4O. The number of nitriles is 1. The highest BCUT2D eigenvalue weighted by Crippen LogP contribution is 2.19. The molecule has 0 saturated carbocycles. The lowest BCUT2D eigenvalue weighted by Gasteiger charge is -1.91. The fraction of sp³-hybridized carbons (Fsp3) is 0.0714. The summed E-state index contributed by atoms with van der Waals surface area (Å²) in [6.45, 7) is 1.75. The van der Waals surface area contributed by atoms with Crippen LogP contribution in [0.15, 0.2) is 34.9 Å². The highest BCUT2D eigenvalue weighted by molar-refractivity contribution is 5.89.